The highest BCUT2D eigenvalue weighted by Crippen LogP contribution is 2.34. The van der Waals surface area contributed by atoms with Gasteiger partial charge in [-0.05, 0) is 0 Å². The average Bonchev–Trinajstić information content (AvgIpc) is 2.68. The van der Waals surface area contributed by atoms with E-state index in [1.807, 2.05) is 0 Å². The zero-order valence-electron chi connectivity index (χ0n) is 5.69. The molecule has 0 aliphatic carbocycles. The molecule has 10 heavy (non-hydrogen) atoms. The van der Waals surface area contributed by atoms with E-state index in [1.165, 1.54) is 0 Å². The zero-order chi connectivity index (χ0) is 7.14. The Hall–Kier alpha value is -0.160. The van der Waals surface area contributed by atoms with Gasteiger partial charge in [0.25, 0.3) is 0 Å². The maximum absolute atomic E-state index is 9.03. The Balaban J connectivity index is 1.95. The van der Waals surface area contributed by atoms with E-state index in [1.54, 1.807) is 7.11 Å². The summed E-state index contributed by atoms with van der Waals surface area (Å²) in [6.45, 7) is 0.429. The molecule has 0 aromatic rings. The number of aliphatic hydroxyl groups excluding tert-OH is 1. The molecule has 0 amide bonds. The predicted molar refractivity (Wildman–Crippen MR) is 31.4 cm³/mol. The van der Waals surface area contributed by atoms with Crippen molar-refractivity contribution in [1.29, 1.82) is 0 Å². The van der Waals surface area contributed by atoms with Crippen LogP contribution in [0.15, 0.2) is 0 Å². The number of ether oxygens (including phenoxy) is 3. The van der Waals surface area contributed by atoms with Crippen molar-refractivity contribution in [3.8, 4) is 0 Å². The molecule has 0 unspecified atom stereocenters. The summed E-state index contributed by atoms with van der Waals surface area (Å²) in [5.74, 6) is 0. The molecule has 4 nitrogen and oxygen atoms in total. The third kappa shape index (κ3) is 0.845. The Morgan fingerprint density at radius 3 is 3.00 bits per heavy atom. The van der Waals surface area contributed by atoms with Crippen LogP contribution in [-0.4, -0.2) is 43.4 Å². The Bertz CT molecular complexity index is 138. The van der Waals surface area contributed by atoms with Gasteiger partial charge in [-0.25, -0.2) is 0 Å². The molecule has 4 atom stereocenters. The third-order valence-electron chi connectivity index (χ3n) is 1.94. The maximum atomic E-state index is 9.03. The Morgan fingerprint density at radius 2 is 2.30 bits per heavy atom. The first-order valence-corrected chi connectivity index (χ1v) is 3.31. The molecule has 2 rings (SSSR count). The molecule has 2 aliphatic rings. The molecule has 0 aromatic carbocycles. The number of hydrogen-bond acceptors (Lipinski definition) is 4. The second kappa shape index (κ2) is 2.17. The van der Waals surface area contributed by atoms with Crippen molar-refractivity contribution in [2.75, 3.05) is 13.7 Å². The molecule has 4 heteroatoms. The molecule has 0 spiro atoms. The van der Waals surface area contributed by atoms with Crippen LogP contribution in [0.3, 0.4) is 0 Å². The normalized spacial score (nSPS) is 52.2. The number of methoxy groups -OCH3 is 1. The lowest BCUT2D eigenvalue weighted by Crippen LogP contribution is -2.38. The zero-order valence-corrected chi connectivity index (χ0v) is 5.69. The van der Waals surface area contributed by atoms with E-state index < -0.39 is 6.29 Å². The van der Waals surface area contributed by atoms with Gasteiger partial charge in [-0.3, -0.25) is 0 Å². The van der Waals surface area contributed by atoms with Crippen molar-refractivity contribution in [3.63, 3.8) is 0 Å². The molecule has 2 heterocycles. The summed E-state index contributed by atoms with van der Waals surface area (Å²) in [4.78, 5) is 0. The van der Waals surface area contributed by atoms with E-state index in [0.717, 1.165) is 0 Å². The summed E-state index contributed by atoms with van der Waals surface area (Å²) >= 11 is 0. The van der Waals surface area contributed by atoms with E-state index in [4.69, 9.17) is 19.3 Å². The number of epoxide rings is 1. The highest BCUT2D eigenvalue weighted by atomic mass is 16.7. The van der Waals surface area contributed by atoms with Gasteiger partial charge in [0, 0.05) is 7.11 Å². The molecule has 58 valence electrons. The number of aliphatic hydroxyl groups is 1. The van der Waals surface area contributed by atoms with Crippen molar-refractivity contribution in [1.82, 2.24) is 0 Å². The fourth-order valence-electron chi connectivity index (χ4n) is 1.25. The van der Waals surface area contributed by atoms with Crippen molar-refractivity contribution in [3.05, 3.63) is 0 Å². The van der Waals surface area contributed by atoms with Crippen LogP contribution in [0.2, 0.25) is 0 Å². The lowest BCUT2D eigenvalue weighted by Gasteiger charge is -2.20. The quantitative estimate of drug-likeness (QED) is 0.488. The van der Waals surface area contributed by atoms with Crippen LogP contribution in [-0.2, 0) is 14.2 Å². The van der Waals surface area contributed by atoms with E-state index in [9.17, 15) is 0 Å². The topological polar surface area (TPSA) is 51.2 Å². The molecule has 0 aromatic heterocycles. The summed E-state index contributed by atoms with van der Waals surface area (Å²) < 4.78 is 15.1. The average molecular weight is 146 g/mol. The highest BCUT2D eigenvalue weighted by molar-refractivity contribution is 4.96. The van der Waals surface area contributed by atoms with E-state index in [0.29, 0.717) is 6.61 Å². The molecule has 0 radical (unpaired) electrons. The van der Waals surface area contributed by atoms with Gasteiger partial charge in [-0.15, -0.1) is 0 Å². The van der Waals surface area contributed by atoms with Crippen molar-refractivity contribution >= 4 is 0 Å². The standard InChI is InChI=1S/C6H10O4/c1-8-3-2-9-6(7)5-4(3)10-5/h3-7H,2H2,1H3/t3-,4-,5+,6+/m1/s1. The van der Waals surface area contributed by atoms with E-state index in [-0.39, 0.29) is 18.3 Å². The van der Waals surface area contributed by atoms with Crippen molar-refractivity contribution in [2.45, 2.75) is 24.6 Å². The number of fused-ring (bicyclic) bond motifs is 1. The van der Waals surface area contributed by atoms with Gasteiger partial charge in [-0.1, -0.05) is 0 Å². The molecule has 2 aliphatic heterocycles. The van der Waals surface area contributed by atoms with E-state index >= 15 is 0 Å². The molecular weight excluding hydrogens is 136 g/mol. The molecular formula is C6H10O4. The third-order valence-corrected chi connectivity index (χ3v) is 1.94. The fraction of sp³-hybridized carbons (Fsp3) is 1.00. The van der Waals surface area contributed by atoms with Crippen molar-refractivity contribution < 1.29 is 19.3 Å². The lowest BCUT2D eigenvalue weighted by molar-refractivity contribution is -0.147. The fourth-order valence-corrected chi connectivity index (χ4v) is 1.25. The first-order chi connectivity index (χ1) is 4.83. The molecule has 1 N–H and O–H groups in total. The summed E-state index contributed by atoms with van der Waals surface area (Å²) in [6, 6.07) is 0. The first kappa shape index (κ1) is 6.54. The minimum atomic E-state index is -0.739. The van der Waals surface area contributed by atoms with Crippen LogP contribution < -0.4 is 0 Å². The molecule has 0 saturated carbocycles. The summed E-state index contributed by atoms with van der Waals surface area (Å²) in [6.07, 6.45) is -0.808. The summed E-state index contributed by atoms with van der Waals surface area (Å²) in [5, 5.41) is 9.03. The predicted octanol–water partition coefficient (Wildman–Crippen LogP) is -0.883. The van der Waals surface area contributed by atoms with Crippen LogP contribution in [0.5, 0.6) is 0 Å². The van der Waals surface area contributed by atoms with Crippen LogP contribution in [0.4, 0.5) is 0 Å². The van der Waals surface area contributed by atoms with Crippen LogP contribution in [0, 0.1) is 0 Å². The minimum absolute atomic E-state index is 0.00778. The smallest absolute Gasteiger partial charge is 0.183 e. The summed E-state index contributed by atoms with van der Waals surface area (Å²) in [7, 11) is 1.62. The van der Waals surface area contributed by atoms with Gasteiger partial charge in [-0.2, -0.15) is 0 Å². The first-order valence-electron chi connectivity index (χ1n) is 3.31. The SMILES string of the molecule is CO[C@@H]1CO[C@H](O)[C@H]2O[C@@H]21. The van der Waals surface area contributed by atoms with Gasteiger partial charge >= 0.3 is 0 Å². The summed E-state index contributed by atoms with van der Waals surface area (Å²) in [5.41, 5.74) is 0. The largest absolute Gasteiger partial charge is 0.376 e. The Morgan fingerprint density at radius 1 is 1.50 bits per heavy atom. The van der Waals surface area contributed by atoms with Crippen LogP contribution in [0.1, 0.15) is 0 Å². The van der Waals surface area contributed by atoms with E-state index in [2.05, 4.69) is 0 Å². The molecule has 0 bridgehead atoms. The lowest BCUT2D eigenvalue weighted by atomic mass is 10.1. The van der Waals surface area contributed by atoms with Crippen molar-refractivity contribution in [2.24, 2.45) is 0 Å². The van der Waals surface area contributed by atoms with Crippen LogP contribution in [0.25, 0.3) is 0 Å². The maximum Gasteiger partial charge on any atom is 0.183 e. The van der Waals surface area contributed by atoms with Gasteiger partial charge in [0.05, 0.1) is 6.61 Å². The highest BCUT2D eigenvalue weighted by Gasteiger charge is 2.53. The van der Waals surface area contributed by atoms with Crippen LogP contribution >= 0.6 is 0 Å². The second-order valence-electron chi connectivity index (χ2n) is 2.56. The van der Waals surface area contributed by atoms with Gasteiger partial charge in [0.2, 0.25) is 0 Å². The number of hydrogen-bond donors (Lipinski definition) is 1. The Kier molecular flexibility index (Phi) is 1.42. The molecule has 2 saturated heterocycles. The molecule has 2 fully saturated rings. The second-order valence-corrected chi connectivity index (χ2v) is 2.56. The van der Waals surface area contributed by atoms with Gasteiger partial charge in [0.15, 0.2) is 6.29 Å². The monoisotopic (exact) mass is 146 g/mol. The Labute approximate surface area is 58.7 Å². The van der Waals surface area contributed by atoms with Gasteiger partial charge in [0.1, 0.15) is 18.3 Å². The van der Waals surface area contributed by atoms with Gasteiger partial charge < -0.3 is 19.3 Å². The number of rotatable bonds is 1. The minimum Gasteiger partial charge on any atom is -0.376 e.